The molecule has 1 aromatic rings. The number of carboxylic acids is 1. The third kappa shape index (κ3) is 5.51. The van der Waals surface area contributed by atoms with Crippen LogP contribution < -0.4 is 10.9 Å². The second-order valence-electron chi connectivity index (χ2n) is 6.39. The molecule has 0 aromatic carbocycles. The highest BCUT2D eigenvalue weighted by atomic mass is 16.4. The van der Waals surface area contributed by atoms with Gasteiger partial charge in [-0.3, -0.25) is 14.4 Å². The monoisotopic (exact) mass is 334 g/mol. The average Bonchev–Trinajstić information content (AvgIpc) is 2.56. The van der Waals surface area contributed by atoms with Gasteiger partial charge in [-0.2, -0.15) is 0 Å². The number of carbonyl (C=O) groups is 2. The van der Waals surface area contributed by atoms with Crippen LogP contribution in [0.25, 0.3) is 0 Å². The van der Waals surface area contributed by atoms with E-state index >= 15 is 0 Å². The Morgan fingerprint density at radius 2 is 1.79 bits per heavy atom. The molecule has 0 atom stereocenters. The Morgan fingerprint density at radius 1 is 1.08 bits per heavy atom. The van der Waals surface area contributed by atoms with E-state index in [0.29, 0.717) is 13.0 Å². The lowest BCUT2D eigenvalue weighted by atomic mass is 9.95. The number of H-pyrrole nitrogens is 1. The molecule has 0 fully saturated rings. The lowest BCUT2D eigenvalue weighted by molar-refractivity contribution is -0.137. The van der Waals surface area contributed by atoms with E-state index in [9.17, 15) is 14.4 Å². The van der Waals surface area contributed by atoms with E-state index in [1.165, 1.54) is 0 Å². The molecule has 0 radical (unpaired) electrons. The number of carbonyl (C=O) groups excluding carboxylic acids is 1. The third-order valence-corrected chi connectivity index (χ3v) is 4.44. The zero-order chi connectivity index (χ0) is 17.4. The van der Waals surface area contributed by atoms with Gasteiger partial charge in [-0.25, -0.2) is 0 Å². The highest BCUT2D eigenvalue weighted by molar-refractivity contribution is 5.94. The number of fused-ring (bicyclic) bond motifs is 1. The number of hydrogen-bond donors (Lipinski definition) is 3. The van der Waals surface area contributed by atoms with Crippen molar-refractivity contribution in [3.05, 3.63) is 33.2 Å². The standard InChI is InChI=1S/C18H26N2O4/c21-16(22)10-4-2-1-3-7-11-19-17(23)14-12-13-8-5-6-9-15(13)20-18(14)24/h12H,1-11H2,(H,19,23)(H,20,24)(H,21,22). The number of aromatic amines is 1. The minimum absolute atomic E-state index is 0.206. The summed E-state index contributed by atoms with van der Waals surface area (Å²) in [7, 11) is 0. The largest absolute Gasteiger partial charge is 0.481 e. The Balaban J connectivity index is 1.71. The van der Waals surface area contributed by atoms with Gasteiger partial charge in [0.05, 0.1) is 0 Å². The summed E-state index contributed by atoms with van der Waals surface area (Å²) in [6.07, 6.45) is 8.54. The Labute approximate surface area is 141 Å². The summed E-state index contributed by atoms with van der Waals surface area (Å²) >= 11 is 0. The number of rotatable bonds is 9. The van der Waals surface area contributed by atoms with Crippen LogP contribution in [0.1, 0.15) is 73.0 Å². The van der Waals surface area contributed by atoms with Crippen molar-refractivity contribution in [1.82, 2.24) is 10.3 Å². The van der Waals surface area contributed by atoms with Crippen molar-refractivity contribution < 1.29 is 14.7 Å². The summed E-state index contributed by atoms with van der Waals surface area (Å²) in [5, 5.41) is 11.3. The fourth-order valence-electron chi connectivity index (χ4n) is 3.07. The maximum atomic E-state index is 12.2. The van der Waals surface area contributed by atoms with Gasteiger partial charge < -0.3 is 15.4 Å². The van der Waals surface area contributed by atoms with Crippen molar-refractivity contribution in [2.75, 3.05) is 6.54 Å². The molecule has 0 spiro atoms. The van der Waals surface area contributed by atoms with E-state index in [2.05, 4.69) is 10.3 Å². The minimum atomic E-state index is -0.752. The summed E-state index contributed by atoms with van der Waals surface area (Å²) in [6, 6.07) is 1.74. The first-order valence-electron chi connectivity index (χ1n) is 8.83. The predicted octanol–water partition coefficient (Wildman–Crippen LogP) is 2.41. The maximum Gasteiger partial charge on any atom is 0.303 e. The fourth-order valence-corrected chi connectivity index (χ4v) is 3.07. The van der Waals surface area contributed by atoms with Crippen LogP contribution in [-0.2, 0) is 17.6 Å². The number of carboxylic acid groups (broad SMARTS) is 1. The Bertz CT molecular complexity index is 636. The molecule has 1 aromatic heterocycles. The Hall–Kier alpha value is -2.11. The second kappa shape index (κ2) is 9.25. The normalized spacial score (nSPS) is 13.3. The molecule has 6 heteroatoms. The molecule has 1 aliphatic rings. The van der Waals surface area contributed by atoms with Gasteiger partial charge in [-0.1, -0.05) is 19.3 Å². The van der Waals surface area contributed by atoms with Gasteiger partial charge in [-0.05, 0) is 50.2 Å². The maximum absolute atomic E-state index is 12.2. The van der Waals surface area contributed by atoms with Crippen LogP contribution in [0.2, 0.25) is 0 Å². The topological polar surface area (TPSA) is 99.3 Å². The second-order valence-corrected chi connectivity index (χ2v) is 6.39. The molecule has 1 amide bonds. The highest BCUT2D eigenvalue weighted by Crippen LogP contribution is 2.18. The first-order valence-corrected chi connectivity index (χ1v) is 8.83. The summed E-state index contributed by atoms with van der Waals surface area (Å²) < 4.78 is 0. The number of unbranched alkanes of at least 4 members (excludes halogenated alkanes) is 4. The van der Waals surface area contributed by atoms with Gasteiger partial charge in [0.1, 0.15) is 5.56 Å². The number of nitrogens with one attached hydrogen (secondary N) is 2. The summed E-state index contributed by atoms with van der Waals surface area (Å²) in [5.41, 5.74) is 1.97. The summed E-state index contributed by atoms with van der Waals surface area (Å²) in [5.74, 6) is -1.06. The quantitative estimate of drug-likeness (QED) is 0.604. The van der Waals surface area contributed by atoms with Crippen molar-refractivity contribution in [3.63, 3.8) is 0 Å². The van der Waals surface area contributed by atoms with Crippen molar-refractivity contribution in [2.45, 2.75) is 64.2 Å². The zero-order valence-corrected chi connectivity index (χ0v) is 14.0. The number of hydrogen-bond acceptors (Lipinski definition) is 3. The van der Waals surface area contributed by atoms with Crippen LogP contribution >= 0.6 is 0 Å². The molecule has 2 rings (SSSR count). The van der Waals surface area contributed by atoms with Gasteiger partial charge in [0.2, 0.25) is 0 Å². The SMILES string of the molecule is O=C(O)CCCCCCCNC(=O)c1cc2c([nH]c1=O)CCCC2. The van der Waals surface area contributed by atoms with E-state index in [1.807, 2.05) is 0 Å². The smallest absolute Gasteiger partial charge is 0.303 e. The predicted molar refractivity (Wildman–Crippen MR) is 91.4 cm³/mol. The number of amides is 1. The van der Waals surface area contributed by atoms with Crippen LogP contribution in [0.15, 0.2) is 10.9 Å². The molecule has 0 aliphatic heterocycles. The van der Waals surface area contributed by atoms with E-state index in [4.69, 9.17) is 5.11 Å². The van der Waals surface area contributed by atoms with Crippen molar-refractivity contribution >= 4 is 11.9 Å². The molecule has 1 heterocycles. The van der Waals surface area contributed by atoms with E-state index < -0.39 is 5.97 Å². The average molecular weight is 334 g/mol. The molecular formula is C18H26N2O4. The Morgan fingerprint density at radius 3 is 2.58 bits per heavy atom. The first kappa shape index (κ1) is 18.2. The minimum Gasteiger partial charge on any atom is -0.481 e. The Kier molecular flexibility index (Phi) is 7.03. The van der Waals surface area contributed by atoms with Crippen molar-refractivity contribution in [2.24, 2.45) is 0 Å². The van der Waals surface area contributed by atoms with Crippen LogP contribution in [0.5, 0.6) is 0 Å². The van der Waals surface area contributed by atoms with Crippen molar-refractivity contribution in [1.29, 1.82) is 0 Å². The molecule has 0 unspecified atom stereocenters. The summed E-state index contributed by atoms with van der Waals surface area (Å²) in [6.45, 7) is 0.536. The van der Waals surface area contributed by atoms with Crippen LogP contribution in [0.4, 0.5) is 0 Å². The summed E-state index contributed by atoms with van der Waals surface area (Å²) in [4.78, 5) is 37.4. The number of pyridine rings is 1. The van der Waals surface area contributed by atoms with Gasteiger partial charge in [0, 0.05) is 18.7 Å². The lowest BCUT2D eigenvalue weighted by Crippen LogP contribution is -2.31. The zero-order valence-electron chi connectivity index (χ0n) is 14.0. The number of aromatic nitrogens is 1. The van der Waals surface area contributed by atoms with E-state index in [1.54, 1.807) is 6.07 Å². The molecule has 0 saturated heterocycles. The molecule has 1 aliphatic carbocycles. The molecule has 0 saturated carbocycles. The van der Waals surface area contributed by atoms with Gasteiger partial charge >= 0.3 is 5.97 Å². The van der Waals surface area contributed by atoms with Gasteiger partial charge in [0.15, 0.2) is 0 Å². The third-order valence-electron chi connectivity index (χ3n) is 4.44. The molecule has 3 N–H and O–H groups in total. The first-order chi connectivity index (χ1) is 11.6. The van der Waals surface area contributed by atoms with Gasteiger partial charge in [-0.15, -0.1) is 0 Å². The molecule has 0 bridgehead atoms. The van der Waals surface area contributed by atoms with E-state index in [-0.39, 0.29) is 23.5 Å². The molecule has 24 heavy (non-hydrogen) atoms. The molecule has 132 valence electrons. The number of aliphatic carboxylic acids is 1. The molecular weight excluding hydrogens is 308 g/mol. The number of aryl methyl sites for hydroxylation is 2. The van der Waals surface area contributed by atoms with Crippen LogP contribution in [0.3, 0.4) is 0 Å². The van der Waals surface area contributed by atoms with Crippen LogP contribution in [-0.4, -0.2) is 28.5 Å². The van der Waals surface area contributed by atoms with Crippen LogP contribution in [0, 0.1) is 0 Å². The highest BCUT2D eigenvalue weighted by Gasteiger charge is 2.16. The molecule has 6 nitrogen and oxygen atoms in total. The lowest BCUT2D eigenvalue weighted by Gasteiger charge is -2.15. The van der Waals surface area contributed by atoms with Gasteiger partial charge in [0.25, 0.3) is 11.5 Å². The fraction of sp³-hybridized carbons (Fsp3) is 0.611. The van der Waals surface area contributed by atoms with Crippen molar-refractivity contribution in [3.8, 4) is 0 Å². The van der Waals surface area contributed by atoms with E-state index in [0.717, 1.165) is 62.6 Å².